The molecule has 0 amide bonds. The van der Waals surface area contributed by atoms with Gasteiger partial charge in [0.25, 0.3) is 0 Å². The highest BCUT2D eigenvalue weighted by Crippen LogP contribution is 2.07. The molecule has 0 aliphatic heterocycles. The molecule has 3 nitrogen and oxygen atoms in total. The molecule has 0 saturated heterocycles. The van der Waals surface area contributed by atoms with Crippen LogP contribution in [0.25, 0.3) is 0 Å². The van der Waals surface area contributed by atoms with E-state index in [4.69, 9.17) is 15.3 Å². The molecule has 0 bridgehead atoms. The Kier molecular flexibility index (Phi) is 10.2. The summed E-state index contributed by atoms with van der Waals surface area (Å²) in [5.74, 6) is -1.57. The first kappa shape index (κ1) is 15.6. The summed E-state index contributed by atoms with van der Waals surface area (Å²) in [6.07, 6.45) is 15.3. The molecule has 17 heavy (non-hydrogen) atoms. The van der Waals surface area contributed by atoms with Gasteiger partial charge in [-0.2, -0.15) is 0 Å². The van der Waals surface area contributed by atoms with Crippen LogP contribution < -0.4 is 0 Å². The summed E-state index contributed by atoms with van der Waals surface area (Å²) in [6, 6.07) is 0. The number of aliphatic hydroxyl groups is 3. The van der Waals surface area contributed by atoms with Crippen molar-refractivity contribution in [3.05, 3.63) is 36.0 Å². The molecule has 0 unspecified atom stereocenters. The van der Waals surface area contributed by atoms with Gasteiger partial charge in [0.2, 0.25) is 0 Å². The number of hydrogen-bond donors (Lipinski definition) is 3. The third kappa shape index (κ3) is 10.9. The second-order valence-electron chi connectivity index (χ2n) is 4.05. The Morgan fingerprint density at radius 2 is 1.53 bits per heavy atom. The minimum absolute atomic E-state index is 0.519. The zero-order chi connectivity index (χ0) is 12.9. The van der Waals surface area contributed by atoms with Crippen LogP contribution in [0.4, 0.5) is 0 Å². The van der Waals surface area contributed by atoms with Crippen LogP contribution in [0.5, 0.6) is 0 Å². The minimum atomic E-state index is -1.05. The van der Waals surface area contributed by atoms with Crippen LogP contribution in [0.3, 0.4) is 0 Å². The molecule has 0 aromatic carbocycles. The molecule has 98 valence electrons. The Hall–Kier alpha value is -1.38. The Bertz CT molecular complexity index is 261. The number of hydrogen-bond acceptors (Lipinski definition) is 3. The van der Waals surface area contributed by atoms with Gasteiger partial charge in [-0.25, -0.2) is 0 Å². The quantitative estimate of drug-likeness (QED) is 0.311. The van der Waals surface area contributed by atoms with E-state index in [-0.39, 0.29) is 0 Å². The van der Waals surface area contributed by atoms with Gasteiger partial charge in [-0.1, -0.05) is 57.3 Å². The molecule has 3 heteroatoms. The van der Waals surface area contributed by atoms with Gasteiger partial charge in [0.15, 0.2) is 5.76 Å². The predicted octanol–water partition coefficient (Wildman–Crippen LogP) is 4.69. The molecule has 0 rings (SSSR count). The fraction of sp³-hybridized carbons (Fsp3) is 0.571. The second-order valence-corrected chi connectivity index (χ2v) is 4.05. The van der Waals surface area contributed by atoms with Gasteiger partial charge in [0.1, 0.15) is 0 Å². The molecule has 0 aromatic rings. The third-order valence-corrected chi connectivity index (χ3v) is 2.45. The maximum absolute atomic E-state index is 8.91. The maximum Gasteiger partial charge on any atom is 0.318 e. The van der Waals surface area contributed by atoms with Crippen molar-refractivity contribution in [2.45, 2.75) is 51.9 Å². The van der Waals surface area contributed by atoms with Gasteiger partial charge >= 0.3 is 5.95 Å². The highest BCUT2D eigenvalue weighted by atomic mass is 16.5. The van der Waals surface area contributed by atoms with E-state index < -0.39 is 11.7 Å². The SMILES string of the molecule is CCCCCCCCC=CC=CC(O)=C(O)O. The Balaban J connectivity index is 3.46. The van der Waals surface area contributed by atoms with Gasteiger partial charge in [-0.05, 0) is 18.9 Å². The lowest BCUT2D eigenvalue weighted by Crippen LogP contribution is -1.83. The zero-order valence-corrected chi connectivity index (χ0v) is 10.6. The van der Waals surface area contributed by atoms with Crippen molar-refractivity contribution in [2.24, 2.45) is 0 Å². The van der Waals surface area contributed by atoms with Crippen LogP contribution >= 0.6 is 0 Å². The Labute approximate surface area is 104 Å². The lowest BCUT2D eigenvalue weighted by atomic mass is 10.1. The van der Waals surface area contributed by atoms with E-state index in [0.29, 0.717) is 0 Å². The van der Waals surface area contributed by atoms with Crippen molar-refractivity contribution < 1.29 is 15.3 Å². The van der Waals surface area contributed by atoms with E-state index in [0.717, 1.165) is 6.42 Å². The minimum Gasteiger partial charge on any atom is -0.502 e. The molecule has 0 aliphatic carbocycles. The normalized spacial score (nSPS) is 11.4. The van der Waals surface area contributed by atoms with Gasteiger partial charge < -0.3 is 15.3 Å². The maximum atomic E-state index is 8.91. The lowest BCUT2D eigenvalue weighted by Gasteiger charge is -1.97. The lowest BCUT2D eigenvalue weighted by molar-refractivity contribution is 0.163. The molecule has 0 saturated carbocycles. The van der Waals surface area contributed by atoms with Gasteiger partial charge in [-0.3, -0.25) is 0 Å². The van der Waals surface area contributed by atoms with Crippen LogP contribution in [0.15, 0.2) is 36.0 Å². The van der Waals surface area contributed by atoms with Crippen molar-refractivity contribution in [1.29, 1.82) is 0 Å². The molecule has 0 fully saturated rings. The summed E-state index contributed by atoms with van der Waals surface area (Å²) in [6.45, 7) is 2.21. The highest BCUT2D eigenvalue weighted by Gasteiger charge is 1.92. The van der Waals surface area contributed by atoms with Crippen LogP contribution in [-0.4, -0.2) is 15.3 Å². The summed E-state index contributed by atoms with van der Waals surface area (Å²) in [5, 5.41) is 25.9. The van der Waals surface area contributed by atoms with Crippen molar-refractivity contribution in [3.63, 3.8) is 0 Å². The summed E-state index contributed by atoms with van der Waals surface area (Å²) < 4.78 is 0. The van der Waals surface area contributed by atoms with Gasteiger partial charge in [-0.15, -0.1) is 0 Å². The fourth-order valence-electron chi connectivity index (χ4n) is 1.44. The highest BCUT2D eigenvalue weighted by molar-refractivity contribution is 5.15. The summed E-state index contributed by atoms with van der Waals surface area (Å²) in [4.78, 5) is 0. The van der Waals surface area contributed by atoms with E-state index >= 15 is 0 Å². The summed E-state index contributed by atoms with van der Waals surface area (Å²) >= 11 is 0. The number of allylic oxidation sites excluding steroid dienone is 4. The number of rotatable bonds is 9. The standard InChI is InChI=1S/C14H24O3/c1-2-3-4-5-6-7-8-9-10-11-12-13(15)14(16)17/h9-12,15-17H,2-8H2,1H3. The van der Waals surface area contributed by atoms with Crippen molar-refractivity contribution in [1.82, 2.24) is 0 Å². The fourth-order valence-corrected chi connectivity index (χ4v) is 1.44. The number of unbranched alkanes of at least 4 members (excludes halogenated alkanes) is 6. The average molecular weight is 240 g/mol. The molecule has 0 aromatic heterocycles. The van der Waals surface area contributed by atoms with Crippen molar-refractivity contribution >= 4 is 0 Å². The number of aliphatic hydroxyl groups excluding tert-OH is 2. The zero-order valence-electron chi connectivity index (χ0n) is 10.6. The topological polar surface area (TPSA) is 60.7 Å². The van der Waals surface area contributed by atoms with Crippen LogP contribution in [0.1, 0.15) is 51.9 Å². The summed E-state index contributed by atoms with van der Waals surface area (Å²) in [5.41, 5.74) is 0. The molecule has 0 radical (unpaired) electrons. The molecule has 0 heterocycles. The van der Waals surface area contributed by atoms with E-state index in [1.54, 1.807) is 12.2 Å². The first-order valence-electron chi connectivity index (χ1n) is 6.32. The van der Waals surface area contributed by atoms with Crippen molar-refractivity contribution in [3.8, 4) is 0 Å². The Morgan fingerprint density at radius 3 is 2.18 bits per heavy atom. The second kappa shape index (κ2) is 11.1. The monoisotopic (exact) mass is 240 g/mol. The summed E-state index contributed by atoms with van der Waals surface area (Å²) in [7, 11) is 0. The van der Waals surface area contributed by atoms with Crippen molar-refractivity contribution in [2.75, 3.05) is 0 Å². The van der Waals surface area contributed by atoms with E-state index in [1.165, 1.54) is 44.6 Å². The van der Waals surface area contributed by atoms with E-state index in [1.807, 2.05) is 6.08 Å². The molecule has 0 aliphatic rings. The first-order valence-corrected chi connectivity index (χ1v) is 6.32. The van der Waals surface area contributed by atoms with Crippen LogP contribution in [0.2, 0.25) is 0 Å². The van der Waals surface area contributed by atoms with E-state index in [9.17, 15) is 0 Å². The van der Waals surface area contributed by atoms with Crippen LogP contribution in [-0.2, 0) is 0 Å². The first-order chi connectivity index (χ1) is 8.18. The molecular weight excluding hydrogens is 216 g/mol. The van der Waals surface area contributed by atoms with E-state index in [2.05, 4.69) is 6.92 Å². The molecule has 0 atom stereocenters. The Morgan fingerprint density at radius 1 is 0.882 bits per heavy atom. The smallest absolute Gasteiger partial charge is 0.318 e. The molecular formula is C14H24O3. The van der Waals surface area contributed by atoms with Gasteiger partial charge in [0, 0.05) is 0 Å². The molecule has 3 N–H and O–H groups in total. The largest absolute Gasteiger partial charge is 0.502 e. The predicted molar refractivity (Wildman–Crippen MR) is 71.2 cm³/mol. The average Bonchev–Trinajstić information content (AvgIpc) is 2.31. The third-order valence-electron chi connectivity index (χ3n) is 2.45. The van der Waals surface area contributed by atoms with Crippen LogP contribution in [0, 0.1) is 0 Å². The van der Waals surface area contributed by atoms with Gasteiger partial charge in [0.05, 0.1) is 0 Å². The molecule has 0 spiro atoms.